The van der Waals surface area contributed by atoms with Gasteiger partial charge in [-0.15, -0.1) is 5.10 Å². The highest BCUT2D eigenvalue weighted by molar-refractivity contribution is 6.13. The van der Waals surface area contributed by atoms with Gasteiger partial charge >= 0.3 is 0 Å². The van der Waals surface area contributed by atoms with Gasteiger partial charge in [0.15, 0.2) is 0 Å². The van der Waals surface area contributed by atoms with Gasteiger partial charge in [0, 0.05) is 23.4 Å². The predicted molar refractivity (Wildman–Crippen MR) is 167 cm³/mol. The lowest BCUT2D eigenvalue weighted by atomic mass is 10.0. The van der Waals surface area contributed by atoms with Gasteiger partial charge in [0.25, 0.3) is 0 Å². The van der Waals surface area contributed by atoms with E-state index < -0.39 is 0 Å². The highest BCUT2D eigenvalue weighted by atomic mass is 79.9. The minimum atomic E-state index is 0. The molecule has 2 N–H and O–H groups in total. The molecular weight excluding hydrogens is 592 g/mol. The van der Waals surface area contributed by atoms with E-state index in [0.29, 0.717) is 5.71 Å². The van der Waals surface area contributed by atoms with Crippen LogP contribution >= 0.6 is 0 Å². The number of phenolic OH excluding ortho intramolecular Hbond substituents is 2. The summed E-state index contributed by atoms with van der Waals surface area (Å²) in [5.41, 5.74) is 5.79. The molecule has 8 nitrogen and oxygen atoms in total. The van der Waals surface area contributed by atoms with Crippen LogP contribution in [0.3, 0.4) is 0 Å². The molecule has 4 rings (SSSR count). The number of azo groups is 1. The van der Waals surface area contributed by atoms with Gasteiger partial charge in [-0.3, -0.25) is 0 Å². The highest BCUT2D eigenvalue weighted by Gasteiger charge is 2.11. The van der Waals surface area contributed by atoms with Crippen molar-refractivity contribution in [2.24, 2.45) is 20.4 Å². The molecule has 4 aromatic carbocycles. The van der Waals surface area contributed by atoms with Crippen molar-refractivity contribution in [3.05, 3.63) is 114 Å². The topological polar surface area (TPSA) is 93.1 Å². The molecule has 0 heterocycles. The maximum Gasteiger partial charge on any atom is 0.115 e. The molecule has 0 amide bonds. The second-order valence-electron chi connectivity index (χ2n) is 10.7. The lowest BCUT2D eigenvalue weighted by Crippen LogP contribution is -3.00. The van der Waals surface area contributed by atoms with Crippen LogP contribution in [0, 0.1) is 0 Å². The number of benzene rings is 4. The molecule has 0 fully saturated rings. The van der Waals surface area contributed by atoms with E-state index in [1.54, 1.807) is 54.7 Å². The number of rotatable bonds is 11. The Hall–Kier alpha value is -4.34. The van der Waals surface area contributed by atoms with Gasteiger partial charge in [0.2, 0.25) is 0 Å². The van der Waals surface area contributed by atoms with Crippen molar-refractivity contribution in [3.63, 3.8) is 0 Å². The van der Waals surface area contributed by atoms with Crippen molar-refractivity contribution in [2.45, 2.75) is 6.92 Å². The Bertz CT molecular complexity index is 1450. The molecule has 0 aliphatic carbocycles. The van der Waals surface area contributed by atoms with E-state index in [9.17, 15) is 10.2 Å². The predicted octanol–water partition coefficient (Wildman–Crippen LogP) is 3.92. The number of phenols is 2. The number of nitrogens with zero attached hydrogens (tertiary/aromatic N) is 6. The number of hydrogen-bond acceptors (Lipinski definition) is 7. The van der Waals surface area contributed by atoms with Crippen LogP contribution < -0.4 is 21.9 Å². The fourth-order valence-corrected chi connectivity index (χ4v) is 4.04. The lowest BCUT2D eigenvalue weighted by Gasteiger charge is -2.29. The third-order valence-corrected chi connectivity index (χ3v) is 6.46. The standard InChI is InChI=1S/C33H36N6O2.BrH/c1-5-38(22-23-39(2,3)4)30-16-14-29(15-17-30)36-35-28-12-6-25(7-13-28)24-34-37-33(26-8-18-31(40)19-9-26)27-10-20-32(41)21-11-27;/h6-21,24H,5,22-23H2,1-4H3,(H-,36,37,40,41);1H. The molecule has 0 radical (unpaired) electrons. The zero-order valence-electron chi connectivity index (χ0n) is 24.4. The molecule has 4 aromatic rings. The molecule has 218 valence electrons. The summed E-state index contributed by atoms with van der Waals surface area (Å²) in [7, 11) is 6.62. The van der Waals surface area contributed by atoms with Gasteiger partial charge in [-0.25, -0.2) is 0 Å². The second-order valence-corrected chi connectivity index (χ2v) is 10.7. The van der Waals surface area contributed by atoms with E-state index in [1.807, 2.05) is 36.4 Å². The minimum Gasteiger partial charge on any atom is -1.00 e. The van der Waals surface area contributed by atoms with Crippen LogP contribution in [0.4, 0.5) is 17.1 Å². The Morgan fingerprint density at radius 1 is 0.714 bits per heavy atom. The van der Waals surface area contributed by atoms with Crippen LogP contribution in [0.15, 0.2) is 117 Å². The maximum absolute atomic E-state index is 9.66. The first kappa shape index (κ1) is 32.2. The van der Waals surface area contributed by atoms with E-state index in [2.05, 4.69) is 65.5 Å². The first-order chi connectivity index (χ1) is 19.7. The second kappa shape index (κ2) is 15.0. The Kier molecular flexibility index (Phi) is 11.5. The van der Waals surface area contributed by atoms with Crippen molar-refractivity contribution in [1.29, 1.82) is 0 Å². The smallest absolute Gasteiger partial charge is 0.115 e. The Morgan fingerprint density at radius 2 is 1.19 bits per heavy atom. The van der Waals surface area contributed by atoms with Crippen molar-refractivity contribution >= 4 is 29.0 Å². The molecule has 0 atom stereocenters. The first-order valence-corrected chi connectivity index (χ1v) is 13.6. The summed E-state index contributed by atoms with van der Waals surface area (Å²) in [5.74, 6) is 0.344. The van der Waals surface area contributed by atoms with Crippen LogP contribution in [0.25, 0.3) is 0 Å². The molecule has 0 unspecified atom stereocenters. The van der Waals surface area contributed by atoms with Crippen LogP contribution in [0.2, 0.25) is 0 Å². The number of anilines is 1. The van der Waals surface area contributed by atoms with Gasteiger partial charge in [-0.1, -0.05) is 12.1 Å². The fraction of sp³-hybridized carbons (Fsp3) is 0.212. The summed E-state index contributed by atoms with van der Waals surface area (Å²) >= 11 is 0. The summed E-state index contributed by atoms with van der Waals surface area (Å²) in [6.07, 6.45) is 1.67. The van der Waals surface area contributed by atoms with Crippen molar-refractivity contribution in [3.8, 4) is 11.5 Å². The Balaban J connectivity index is 0.00000484. The zero-order chi connectivity index (χ0) is 29.2. The van der Waals surface area contributed by atoms with Crippen LogP contribution in [0.1, 0.15) is 23.6 Å². The third-order valence-electron chi connectivity index (χ3n) is 6.46. The van der Waals surface area contributed by atoms with Crippen molar-refractivity contribution in [1.82, 2.24) is 0 Å². The summed E-state index contributed by atoms with van der Waals surface area (Å²) in [6.45, 7) is 5.20. The van der Waals surface area contributed by atoms with Gasteiger partial charge in [0.05, 0.1) is 51.8 Å². The van der Waals surface area contributed by atoms with Gasteiger partial charge in [0.1, 0.15) is 17.2 Å². The molecule has 0 bridgehead atoms. The van der Waals surface area contributed by atoms with E-state index >= 15 is 0 Å². The van der Waals surface area contributed by atoms with Crippen LogP contribution in [-0.4, -0.2) is 67.4 Å². The molecule has 0 saturated heterocycles. The van der Waals surface area contributed by atoms with E-state index in [0.717, 1.165) is 52.2 Å². The normalized spacial score (nSPS) is 11.4. The molecular formula is C33H37BrN6O2. The quantitative estimate of drug-likeness (QED) is 0.114. The number of quaternary nitrogens is 1. The molecule has 0 saturated carbocycles. The maximum atomic E-state index is 9.66. The molecule has 0 aromatic heterocycles. The SMILES string of the molecule is CCN(CC[N+](C)(C)C)c1ccc(/N=N/c2ccc(/C=N/N=C(c3ccc(O)cc3)c3ccc(O)cc3)cc2)cc1.[Br-]. The van der Waals surface area contributed by atoms with Crippen molar-refractivity contribution in [2.75, 3.05) is 45.7 Å². The molecule has 0 aliphatic heterocycles. The van der Waals surface area contributed by atoms with Crippen molar-refractivity contribution < 1.29 is 31.7 Å². The minimum absolute atomic E-state index is 0. The number of halogens is 1. The number of hydrogen-bond donors (Lipinski definition) is 2. The highest BCUT2D eigenvalue weighted by Crippen LogP contribution is 2.23. The lowest BCUT2D eigenvalue weighted by molar-refractivity contribution is -0.868. The molecule has 0 aliphatic rings. The average Bonchev–Trinajstić information content (AvgIpc) is 2.96. The molecule has 9 heteroatoms. The average molecular weight is 630 g/mol. The van der Waals surface area contributed by atoms with Gasteiger partial charge < -0.3 is 36.6 Å². The summed E-state index contributed by atoms with van der Waals surface area (Å²) in [4.78, 5) is 2.37. The molecule has 0 spiro atoms. The number of likely N-dealkylation sites (N-methyl/N-ethyl adjacent to an activating group) is 2. The van der Waals surface area contributed by atoms with E-state index in [1.165, 1.54) is 5.69 Å². The summed E-state index contributed by atoms with van der Waals surface area (Å²) in [6, 6.07) is 29.3. The Labute approximate surface area is 258 Å². The van der Waals surface area contributed by atoms with Crippen LogP contribution in [-0.2, 0) is 0 Å². The number of aromatic hydroxyl groups is 2. The zero-order valence-corrected chi connectivity index (χ0v) is 26.0. The fourth-order valence-electron chi connectivity index (χ4n) is 4.04. The largest absolute Gasteiger partial charge is 1.00 e. The third kappa shape index (κ3) is 9.64. The summed E-state index contributed by atoms with van der Waals surface area (Å²) in [5, 5.41) is 36.8. The van der Waals surface area contributed by atoms with Crippen LogP contribution in [0.5, 0.6) is 11.5 Å². The summed E-state index contributed by atoms with van der Waals surface area (Å²) < 4.78 is 0.932. The van der Waals surface area contributed by atoms with E-state index in [-0.39, 0.29) is 28.5 Å². The monoisotopic (exact) mass is 628 g/mol. The van der Waals surface area contributed by atoms with Gasteiger partial charge in [-0.05, 0) is 97.4 Å². The Morgan fingerprint density at radius 3 is 1.64 bits per heavy atom. The van der Waals surface area contributed by atoms with E-state index in [4.69, 9.17) is 0 Å². The molecule has 42 heavy (non-hydrogen) atoms. The van der Waals surface area contributed by atoms with Gasteiger partial charge in [-0.2, -0.15) is 15.3 Å². The first-order valence-electron chi connectivity index (χ1n) is 13.6.